The Labute approximate surface area is 263 Å². The predicted octanol–water partition coefficient (Wildman–Crippen LogP) is 10.8. The number of hydrogen-bond acceptors (Lipinski definition) is 2. The highest BCUT2D eigenvalue weighted by Gasteiger charge is 2.12. The fraction of sp³-hybridized carbons (Fsp3) is 0.297. The van der Waals surface area contributed by atoms with Gasteiger partial charge in [-0.25, -0.2) is 0 Å². The van der Waals surface area contributed by atoms with Gasteiger partial charge in [0.25, 0.3) is 0 Å². The Hall–Kier alpha value is -2.82. The maximum absolute atomic E-state index is 5.74. The summed E-state index contributed by atoms with van der Waals surface area (Å²) in [5.74, 6) is 1.89. The fourth-order valence-electron chi connectivity index (χ4n) is 4.71. The van der Waals surface area contributed by atoms with Crippen LogP contribution in [-0.2, 0) is 25.7 Å². The quantitative estimate of drug-likeness (QED) is 0.124. The molecule has 0 fully saturated rings. The molecule has 0 heterocycles. The van der Waals surface area contributed by atoms with Gasteiger partial charge in [0.1, 0.15) is 11.5 Å². The normalized spacial score (nSPS) is 11.5. The number of benzene rings is 4. The van der Waals surface area contributed by atoms with Crippen LogP contribution in [0.4, 0.5) is 0 Å². The molecule has 0 spiro atoms. The van der Waals surface area contributed by atoms with E-state index >= 15 is 0 Å². The number of ether oxygens (including phenoxy) is 2. The number of aryl methyl sites for hydroxylation is 4. The third kappa shape index (κ3) is 11.2. The average Bonchev–Trinajstić information content (AvgIpc) is 2.98. The molecule has 4 heteroatoms. The minimum atomic E-state index is 0.768. The Bertz CT molecular complexity index is 1330. The maximum atomic E-state index is 5.74. The van der Waals surface area contributed by atoms with Crippen molar-refractivity contribution in [1.29, 1.82) is 0 Å². The van der Waals surface area contributed by atoms with E-state index in [0.717, 1.165) is 64.9 Å². The topological polar surface area (TPSA) is 18.5 Å². The van der Waals surface area contributed by atoms with Gasteiger partial charge in [-0.05, 0) is 134 Å². The van der Waals surface area contributed by atoms with Crippen LogP contribution in [0.5, 0.6) is 11.5 Å². The Morgan fingerprint density at radius 1 is 0.561 bits per heavy atom. The number of halogens is 2. The standard InChI is InChI=1S/C19H21BrO.C18H19BrO/c20-18-9-11-19(12-10-18)21-13-3-1-2-4-15-5-6-16-7-8-17(16)14-15;1-2-15-8-12-18(13-9-15)20-14-4-3-5-16-6-10-17(19)11-7-16/h5-6,9-12,14H,1-4,7-8,13H2;2,6-13H,1,3-5,14H2. The van der Waals surface area contributed by atoms with Crippen LogP contribution in [0.15, 0.2) is 107 Å². The fourth-order valence-corrected chi connectivity index (χ4v) is 5.23. The molecule has 0 N–H and O–H groups in total. The van der Waals surface area contributed by atoms with Crippen molar-refractivity contribution >= 4 is 37.9 Å². The molecule has 4 aromatic carbocycles. The third-order valence-electron chi connectivity index (χ3n) is 7.28. The van der Waals surface area contributed by atoms with E-state index < -0.39 is 0 Å². The van der Waals surface area contributed by atoms with Crippen LogP contribution < -0.4 is 9.47 Å². The summed E-state index contributed by atoms with van der Waals surface area (Å²) in [4.78, 5) is 0. The zero-order valence-electron chi connectivity index (χ0n) is 23.8. The SMILES string of the molecule is Brc1ccc(OCCCCCc2ccc3c(c2)CC3)cc1.C=Cc1ccc(OCCCCc2ccc(Br)cc2)cc1. The molecule has 0 saturated carbocycles. The van der Waals surface area contributed by atoms with Crippen LogP contribution in [0, 0.1) is 0 Å². The lowest BCUT2D eigenvalue weighted by molar-refractivity contribution is 0.305. The van der Waals surface area contributed by atoms with Crippen LogP contribution in [0.1, 0.15) is 59.9 Å². The summed E-state index contributed by atoms with van der Waals surface area (Å²) in [6.45, 7) is 5.32. The molecule has 0 aliphatic heterocycles. The molecular formula is C37H40Br2O2. The molecule has 0 atom stereocenters. The maximum Gasteiger partial charge on any atom is 0.119 e. The summed E-state index contributed by atoms with van der Waals surface area (Å²) in [5, 5.41) is 0. The van der Waals surface area contributed by atoms with Crippen LogP contribution in [0.3, 0.4) is 0 Å². The number of unbranched alkanes of at least 4 members (excludes halogenated alkanes) is 3. The first-order chi connectivity index (χ1) is 20.1. The predicted molar refractivity (Wildman–Crippen MR) is 180 cm³/mol. The van der Waals surface area contributed by atoms with E-state index in [-0.39, 0.29) is 0 Å². The van der Waals surface area contributed by atoms with Crippen molar-refractivity contribution in [2.45, 2.75) is 57.8 Å². The molecule has 1 aliphatic carbocycles. The van der Waals surface area contributed by atoms with Gasteiger partial charge in [0.2, 0.25) is 0 Å². The van der Waals surface area contributed by atoms with E-state index in [1.165, 1.54) is 43.2 Å². The summed E-state index contributed by atoms with van der Waals surface area (Å²) in [7, 11) is 0. The summed E-state index contributed by atoms with van der Waals surface area (Å²) < 4.78 is 13.7. The highest BCUT2D eigenvalue weighted by Crippen LogP contribution is 2.24. The molecule has 0 saturated heterocycles. The summed E-state index contributed by atoms with van der Waals surface area (Å²) in [5.41, 5.74) is 7.13. The van der Waals surface area contributed by atoms with Gasteiger partial charge in [-0.1, -0.05) is 87.0 Å². The number of fused-ring (bicyclic) bond motifs is 1. The summed E-state index contributed by atoms with van der Waals surface area (Å²) >= 11 is 6.88. The molecule has 5 rings (SSSR count). The van der Waals surface area contributed by atoms with Crippen molar-refractivity contribution in [3.8, 4) is 11.5 Å². The zero-order chi connectivity index (χ0) is 28.7. The van der Waals surface area contributed by atoms with Crippen LogP contribution in [-0.4, -0.2) is 13.2 Å². The first-order valence-corrected chi connectivity index (χ1v) is 16.3. The smallest absolute Gasteiger partial charge is 0.119 e. The minimum absolute atomic E-state index is 0.768. The second-order valence-corrected chi connectivity index (χ2v) is 12.3. The lowest BCUT2D eigenvalue weighted by Crippen LogP contribution is -2.08. The Morgan fingerprint density at radius 3 is 1.66 bits per heavy atom. The Morgan fingerprint density at radius 2 is 1.07 bits per heavy atom. The molecular weight excluding hydrogens is 636 g/mol. The highest BCUT2D eigenvalue weighted by atomic mass is 79.9. The third-order valence-corrected chi connectivity index (χ3v) is 8.34. The van der Waals surface area contributed by atoms with E-state index in [9.17, 15) is 0 Å². The average molecular weight is 677 g/mol. The van der Waals surface area contributed by atoms with Gasteiger partial charge in [-0.2, -0.15) is 0 Å². The van der Waals surface area contributed by atoms with Gasteiger partial charge in [0.05, 0.1) is 13.2 Å². The van der Waals surface area contributed by atoms with Gasteiger partial charge in [0, 0.05) is 8.95 Å². The van der Waals surface area contributed by atoms with Crippen molar-refractivity contribution < 1.29 is 9.47 Å². The number of hydrogen-bond donors (Lipinski definition) is 0. The van der Waals surface area contributed by atoms with Crippen molar-refractivity contribution in [3.63, 3.8) is 0 Å². The van der Waals surface area contributed by atoms with E-state index in [1.54, 1.807) is 11.1 Å². The molecule has 0 amide bonds. The monoisotopic (exact) mass is 674 g/mol. The molecule has 0 unspecified atom stereocenters. The van der Waals surface area contributed by atoms with E-state index in [1.807, 2.05) is 54.6 Å². The van der Waals surface area contributed by atoms with E-state index in [2.05, 4.69) is 80.9 Å². The van der Waals surface area contributed by atoms with Crippen molar-refractivity contribution in [1.82, 2.24) is 0 Å². The molecule has 1 aliphatic rings. The van der Waals surface area contributed by atoms with Gasteiger partial charge in [-0.15, -0.1) is 0 Å². The second-order valence-electron chi connectivity index (χ2n) is 10.4. The molecule has 2 nitrogen and oxygen atoms in total. The molecule has 4 aromatic rings. The molecule has 0 radical (unpaired) electrons. The van der Waals surface area contributed by atoms with E-state index in [0.29, 0.717) is 0 Å². The van der Waals surface area contributed by atoms with Crippen LogP contribution >= 0.6 is 31.9 Å². The van der Waals surface area contributed by atoms with Gasteiger partial charge >= 0.3 is 0 Å². The second kappa shape index (κ2) is 17.2. The summed E-state index contributed by atoms with van der Waals surface area (Å²) in [6.07, 6.45) is 12.5. The van der Waals surface area contributed by atoms with Gasteiger partial charge < -0.3 is 9.47 Å². The highest BCUT2D eigenvalue weighted by molar-refractivity contribution is 9.10. The lowest BCUT2D eigenvalue weighted by Gasteiger charge is -2.19. The van der Waals surface area contributed by atoms with Crippen molar-refractivity contribution in [2.75, 3.05) is 13.2 Å². The Balaban J connectivity index is 0.000000189. The zero-order valence-corrected chi connectivity index (χ0v) is 27.0. The molecule has 0 bridgehead atoms. The minimum Gasteiger partial charge on any atom is -0.494 e. The van der Waals surface area contributed by atoms with Crippen molar-refractivity contribution in [2.24, 2.45) is 0 Å². The first kappa shape index (κ1) is 31.1. The molecule has 214 valence electrons. The lowest BCUT2D eigenvalue weighted by atomic mass is 9.86. The largest absolute Gasteiger partial charge is 0.494 e. The Kier molecular flexibility index (Phi) is 13.1. The molecule has 41 heavy (non-hydrogen) atoms. The van der Waals surface area contributed by atoms with Crippen LogP contribution in [0.25, 0.3) is 6.08 Å². The number of rotatable bonds is 14. The van der Waals surface area contributed by atoms with Gasteiger partial charge in [0.15, 0.2) is 0 Å². The van der Waals surface area contributed by atoms with Crippen molar-refractivity contribution in [3.05, 3.63) is 134 Å². The van der Waals surface area contributed by atoms with E-state index in [4.69, 9.17) is 9.47 Å². The molecule has 0 aromatic heterocycles. The summed E-state index contributed by atoms with van der Waals surface area (Å²) in [6, 6.07) is 31.6. The van der Waals surface area contributed by atoms with Crippen LogP contribution in [0.2, 0.25) is 0 Å². The van der Waals surface area contributed by atoms with Gasteiger partial charge in [-0.3, -0.25) is 0 Å². The first-order valence-electron chi connectivity index (χ1n) is 14.7.